The van der Waals surface area contributed by atoms with E-state index in [4.69, 9.17) is 4.74 Å². The second kappa shape index (κ2) is 9.66. The Labute approximate surface area is 188 Å². The van der Waals surface area contributed by atoms with Gasteiger partial charge in [0.15, 0.2) is 0 Å². The van der Waals surface area contributed by atoms with Crippen molar-refractivity contribution in [3.8, 4) is 11.1 Å². The van der Waals surface area contributed by atoms with Gasteiger partial charge in [0, 0.05) is 24.3 Å². The van der Waals surface area contributed by atoms with Crippen molar-refractivity contribution in [3.05, 3.63) is 89.5 Å². The number of nitrogens with one attached hydrogen (secondary N) is 1. The van der Waals surface area contributed by atoms with Crippen LogP contribution in [0.2, 0.25) is 0 Å². The molecule has 3 aromatic carbocycles. The molecule has 0 aromatic heterocycles. The van der Waals surface area contributed by atoms with Gasteiger partial charge < -0.3 is 15.0 Å². The number of rotatable bonds is 7. The minimum Gasteiger partial charge on any atom is -0.447 e. The summed E-state index contributed by atoms with van der Waals surface area (Å²) in [6.07, 6.45) is -0.381. The Bertz CT molecular complexity index is 1110. The van der Waals surface area contributed by atoms with Crippen LogP contribution in [0.4, 0.5) is 10.5 Å². The number of ether oxygens (including phenoxy) is 1. The normalized spacial score (nSPS) is 13.3. The molecule has 0 bridgehead atoms. The van der Waals surface area contributed by atoms with Gasteiger partial charge in [-0.2, -0.15) is 0 Å². The summed E-state index contributed by atoms with van der Waals surface area (Å²) < 4.78 is 4.99. The fraction of sp³-hybridized carbons (Fsp3) is 0.231. The summed E-state index contributed by atoms with van der Waals surface area (Å²) in [5.41, 5.74) is 5.68. The van der Waals surface area contributed by atoms with Crippen molar-refractivity contribution in [2.45, 2.75) is 13.1 Å². The quantitative estimate of drug-likeness (QED) is 0.608. The van der Waals surface area contributed by atoms with Crippen LogP contribution < -0.4 is 10.2 Å². The van der Waals surface area contributed by atoms with Gasteiger partial charge >= 0.3 is 6.09 Å². The molecule has 0 unspecified atom stereocenters. The van der Waals surface area contributed by atoms with Gasteiger partial charge in [-0.05, 0) is 54.5 Å². The number of hydrogen-bond acceptors (Lipinski definition) is 4. The van der Waals surface area contributed by atoms with Crippen LogP contribution in [0.25, 0.3) is 11.1 Å². The summed E-state index contributed by atoms with van der Waals surface area (Å²) >= 11 is 0. The van der Waals surface area contributed by atoms with E-state index in [1.807, 2.05) is 18.2 Å². The molecule has 0 spiro atoms. The predicted octanol–water partition coefficient (Wildman–Crippen LogP) is 4.30. The van der Waals surface area contributed by atoms with Crippen molar-refractivity contribution in [3.63, 3.8) is 0 Å². The molecule has 3 aromatic rings. The zero-order valence-corrected chi connectivity index (χ0v) is 18.4. The Morgan fingerprint density at radius 1 is 1.03 bits per heavy atom. The van der Waals surface area contributed by atoms with Gasteiger partial charge in [-0.3, -0.25) is 9.69 Å². The summed E-state index contributed by atoms with van der Waals surface area (Å²) in [6.45, 7) is 2.16. The first-order chi connectivity index (χ1) is 15.5. The Kier molecular flexibility index (Phi) is 6.52. The van der Waals surface area contributed by atoms with Crippen LogP contribution >= 0.6 is 0 Å². The predicted molar refractivity (Wildman–Crippen MR) is 126 cm³/mol. The largest absolute Gasteiger partial charge is 0.447 e. The van der Waals surface area contributed by atoms with Crippen molar-refractivity contribution in [2.24, 2.45) is 0 Å². The molecule has 0 aliphatic carbocycles. The Balaban J connectivity index is 1.47. The standard InChI is InChI=1S/C26H27N3O3/c1-28(2)18-19-10-12-20(13-11-19)24-9-4-3-6-22(24)17-27-25(30)21-7-5-8-23(16-21)29-14-15-32-26(29)31/h3-13,16H,14-15,17-18H2,1-2H3,(H,27,30). The highest BCUT2D eigenvalue weighted by Crippen LogP contribution is 2.25. The van der Waals surface area contributed by atoms with Crippen molar-refractivity contribution < 1.29 is 14.3 Å². The van der Waals surface area contributed by atoms with Crippen LogP contribution in [0.3, 0.4) is 0 Å². The fourth-order valence-electron chi connectivity index (χ4n) is 3.83. The first-order valence-corrected chi connectivity index (χ1v) is 10.7. The second-order valence-corrected chi connectivity index (χ2v) is 8.09. The third kappa shape index (κ3) is 4.98. The van der Waals surface area contributed by atoms with Crippen LogP contribution in [0.1, 0.15) is 21.5 Å². The zero-order chi connectivity index (χ0) is 22.5. The molecule has 1 aliphatic heterocycles. The lowest BCUT2D eigenvalue weighted by molar-refractivity contribution is 0.0951. The van der Waals surface area contributed by atoms with E-state index in [-0.39, 0.29) is 12.0 Å². The average molecular weight is 430 g/mol. The molecule has 6 heteroatoms. The number of benzene rings is 3. The van der Waals surface area contributed by atoms with E-state index >= 15 is 0 Å². The molecule has 0 atom stereocenters. The molecule has 6 nitrogen and oxygen atoms in total. The lowest BCUT2D eigenvalue weighted by Crippen LogP contribution is -2.25. The van der Waals surface area contributed by atoms with Crippen LogP contribution in [-0.2, 0) is 17.8 Å². The molecular weight excluding hydrogens is 402 g/mol. The van der Waals surface area contributed by atoms with Gasteiger partial charge in [-0.1, -0.05) is 54.6 Å². The molecule has 2 amide bonds. The smallest absolute Gasteiger partial charge is 0.414 e. The topological polar surface area (TPSA) is 61.9 Å². The van der Waals surface area contributed by atoms with E-state index in [1.54, 1.807) is 24.3 Å². The highest BCUT2D eigenvalue weighted by atomic mass is 16.6. The number of amides is 2. The van der Waals surface area contributed by atoms with E-state index in [0.717, 1.165) is 23.2 Å². The number of hydrogen-bond donors (Lipinski definition) is 1. The fourth-order valence-corrected chi connectivity index (χ4v) is 3.83. The van der Waals surface area contributed by atoms with Gasteiger partial charge in [0.1, 0.15) is 6.61 Å². The summed E-state index contributed by atoms with van der Waals surface area (Å²) in [5.74, 6) is -0.185. The van der Waals surface area contributed by atoms with Crippen molar-refractivity contribution in [1.82, 2.24) is 10.2 Å². The van der Waals surface area contributed by atoms with Crippen molar-refractivity contribution in [2.75, 3.05) is 32.1 Å². The van der Waals surface area contributed by atoms with Crippen LogP contribution in [0.5, 0.6) is 0 Å². The Hall–Kier alpha value is -3.64. The SMILES string of the molecule is CN(C)Cc1ccc(-c2ccccc2CNC(=O)c2cccc(N3CCOC3=O)c2)cc1. The third-order valence-corrected chi connectivity index (χ3v) is 5.40. The molecule has 1 aliphatic rings. The molecule has 164 valence electrons. The molecule has 0 radical (unpaired) electrons. The van der Waals surface area contributed by atoms with E-state index in [9.17, 15) is 9.59 Å². The highest BCUT2D eigenvalue weighted by Gasteiger charge is 2.24. The zero-order valence-electron chi connectivity index (χ0n) is 18.4. The summed E-state index contributed by atoms with van der Waals surface area (Å²) in [5, 5.41) is 3.01. The third-order valence-electron chi connectivity index (χ3n) is 5.40. The minimum absolute atomic E-state index is 0.185. The van der Waals surface area contributed by atoms with Gasteiger partial charge in [-0.15, -0.1) is 0 Å². The van der Waals surface area contributed by atoms with E-state index < -0.39 is 0 Å². The van der Waals surface area contributed by atoms with E-state index in [1.165, 1.54) is 10.5 Å². The lowest BCUT2D eigenvalue weighted by Gasteiger charge is -2.15. The molecular formula is C26H27N3O3. The monoisotopic (exact) mass is 429 g/mol. The molecule has 4 rings (SSSR count). The minimum atomic E-state index is -0.381. The number of carbonyl (C=O) groups excluding carboxylic acids is 2. The first kappa shape index (κ1) is 21.6. The molecule has 1 N–H and O–H groups in total. The van der Waals surface area contributed by atoms with Gasteiger partial charge in [0.25, 0.3) is 5.91 Å². The molecule has 1 saturated heterocycles. The number of anilines is 1. The first-order valence-electron chi connectivity index (χ1n) is 10.7. The molecule has 1 fully saturated rings. The van der Waals surface area contributed by atoms with Crippen LogP contribution in [0.15, 0.2) is 72.8 Å². The maximum atomic E-state index is 12.8. The molecule has 32 heavy (non-hydrogen) atoms. The number of carbonyl (C=O) groups is 2. The van der Waals surface area contributed by atoms with Gasteiger partial charge in [-0.25, -0.2) is 4.79 Å². The van der Waals surface area contributed by atoms with Crippen molar-refractivity contribution in [1.29, 1.82) is 0 Å². The van der Waals surface area contributed by atoms with Gasteiger partial charge in [0.05, 0.1) is 6.54 Å². The number of cyclic esters (lactones) is 1. The summed E-state index contributed by atoms with van der Waals surface area (Å²) in [6, 6.07) is 23.7. The Morgan fingerprint density at radius 2 is 1.81 bits per heavy atom. The van der Waals surface area contributed by atoms with E-state index in [0.29, 0.717) is 30.9 Å². The molecule has 1 heterocycles. The molecule has 0 saturated carbocycles. The summed E-state index contributed by atoms with van der Waals surface area (Å²) in [4.78, 5) is 28.3. The van der Waals surface area contributed by atoms with Gasteiger partial charge in [0.2, 0.25) is 0 Å². The summed E-state index contributed by atoms with van der Waals surface area (Å²) in [7, 11) is 4.11. The second-order valence-electron chi connectivity index (χ2n) is 8.09. The lowest BCUT2D eigenvalue weighted by atomic mass is 9.98. The van der Waals surface area contributed by atoms with Crippen LogP contribution in [0, 0.1) is 0 Å². The van der Waals surface area contributed by atoms with Crippen LogP contribution in [-0.4, -0.2) is 44.1 Å². The number of nitrogens with zero attached hydrogens (tertiary/aromatic N) is 2. The van der Waals surface area contributed by atoms with E-state index in [2.05, 4.69) is 54.6 Å². The highest BCUT2D eigenvalue weighted by molar-refractivity contribution is 5.97. The van der Waals surface area contributed by atoms with Crippen molar-refractivity contribution >= 4 is 17.7 Å². The Morgan fingerprint density at radius 3 is 2.53 bits per heavy atom. The average Bonchev–Trinajstić information content (AvgIpc) is 3.24. The maximum absolute atomic E-state index is 12.8. The maximum Gasteiger partial charge on any atom is 0.414 e.